The Labute approximate surface area is 201 Å². The van der Waals surface area contributed by atoms with E-state index in [0.717, 1.165) is 27.7 Å². The van der Waals surface area contributed by atoms with Crippen LogP contribution in [0.15, 0.2) is 35.6 Å². The van der Waals surface area contributed by atoms with Crippen molar-refractivity contribution in [3.8, 4) is 5.75 Å². The van der Waals surface area contributed by atoms with Crippen molar-refractivity contribution in [3.05, 3.63) is 46.6 Å². The number of carbonyl (C=O) groups is 4. The van der Waals surface area contributed by atoms with Gasteiger partial charge in [-0.2, -0.15) is 0 Å². The van der Waals surface area contributed by atoms with Crippen LogP contribution < -0.4 is 10.2 Å². The van der Waals surface area contributed by atoms with Gasteiger partial charge in [0.05, 0.1) is 0 Å². The Kier molecular flexibility index (Phi) is 9.52. The molecule has 1 heterocycles. The van der Waals surface area contributed by atoms with Crippen LogP contribution in [0.1, 0.15) is 40.2 Å². The lowest BCUT2D eigenvalue weighted by Crippen LogP contribution is -2.63. The Morgan fingerprint density at radius 3 is 1.91 bits per heavy atom. The first-order chi connectivity index (χ1) is 16.4. The molecule has 11 nitrogen and oxygen atoms in total. The van der Waals surface area contributed by atoms with E-state index in [0.29, 0.717) is 11.1 Å². The Bertz CT molecular complexity index is 1050. The lowest BCUT2D eigenvalue weighted by molar-refractivity contribution is -0.288. The van der Waals surface area contributed by atoms with Gasteiger partial charge in [0, 0.05) is 33.3 Å². The molecule has 190 valence electrons. The molecule has 1 fully saturated rings. The molecule has 0 spiro atoms. The van der Waals surface area contributed by atoms with Crippen LogP contribution in [0.2, 0.25) is 0 Å². The van der Waals surface area contributed by atoms with Crippen LogP contribution in [-0.4, -0.2) is 61.2 Å². The molecule has 2 rings (SSSR count). The van der Waals surface area contributed by atoms with Gasteiger partial charge in [0.2, 0.25) is 17.8 Å². The van der Waals surface area contributed by atoms with Gasteiger partial charge in [0.25, 0.3) is 0 Å². The summed E-state index contributed by atoms with van der Waals surface area (Å²) in [5.74, 6) is -3.14. The van der Waals surface area contributed by atoms with E-state index in [1.54, 1.807) is 19.1 Å². The Balaban J connectivity index is 2.62. The summed E-state index contributed by atoms with van der Waals surface area (Å²) in [7, 11) is 0. The zero-order valence-corrected chi connectivity index (χ0v) is 20.1. The van der Waals surface area contributed by atoms with Crippen molar-refractivity contribution in [1.82, 2.24) is 0 Å². The second-order valence-corrected chi connectivity index (χ2v) is 7.79. The highest BCUT2D eigenvalue weighted by atomic mass is 16.7. The summed E-state index contributed by atoms with van der Waals surface area (Å²) < 4.78 is 32.8. The predicted molar refractivity (Wildman–Crippen MR) is 120 cm³/mol. The minimum Gasteiger partial charge on any atom is -0.463 e. The molecule has 0 radical (unpaired) electrons. The Hall–Kier alpha value is -3.73. The fourth-order valence-electron chi connectivity index (χ4n) is 3.44. The quantitative estimate of drug-likeness (QED) is 0.385. The highest BCUT2D eigenvalue weighted by Gasteiger charge is 2.53. The van der Waals surface area contributed by atoms with Gasteiger partial charge in [-0.3, -0.25) is 24.0 Å². The first-order valence-corrected chi connectivity index (χ1v) is 10.7. The molecular weight excluding hydrogens is 464 g/mol. The predicted octanol–water partition coefficient (Wildman–Crippen LogP) is 1.54. The van der Waals surface area contributed by atoms with Crippen molar-refractivity contribution in [2.75, 3.05) is 6.61 Å². The maximum Gasteiger partial charge on any atom is 0.303 e. The van der Waals surface area contributed by atoms with Crippen molar-refractivity contribution in [3.63, 3.8) is 0 Å². The molecule has 1 aromatic carbocycles. The van der Waals surface area contributed by atoms with Crippen LogP contribution in [0.25, 0.3) is 5.57 Å². The van der Waals surface area contributed by atoms with E-state index in [9.17, 15) is 24.0 Å². The fourth-order valence-corrected chi connectivity index (χ4v) is 3.44. The van der Waals surface area contributed by atoms with Crippen LogP contribution >= 0.6 is 0 Å². The number of hydrogen-bond donors (Lipinski definition) is 0. The van der Waals surface area contributed by atoms with Crippen LogP contribution in [0.5, 0.6) is 5.75 Å². The summed E-state index contributed by atoms with van der Waals surface area (Å²) in [6.07, 6.45) is -6.94. The van der Waals surface area contributed by atoms with Gasteiger partial charge in [-0.15, -0.1) is 0 Å². The average Bonchev–Trinajstić information content (AvgIpc) is 2.91. The standard InChI is InChI=1S/C24H28O11/c1-12(2)17-9-7-8-10-18(29)20(17)35-24-23(33-16(6)28)22(32-15(5)27)21(31-14(4)26)19(34-24)11-30-13(3)25/h7-10,19,21-24H,1,11H2,2-6H3/t19-,21-,22+,23-,24+/m1/s1. The van der Waals surface area contributed by atoms with Crippen molar-refractivity contribution in [2.24, 2.45) is 0 Å². The smallest absolute Gasteiger partial charge is 0.303 e. The van der Waals surface area contributed by atoms with Crippen LogP contribution in [0.4, 0.5) is 0 Å². The highest BCUT2D eigenvalue weighted by Crippen LogP contribution is 2.32. The summed E-state index contributed by atoms with van der Waals surface area (Å²) in [6, 6.07) is 5.98. The zero-order valence-electron chi connectivity index (χ0n) is 20.1. The maximum absolute atomic E-state index is 12.8. The second kappa shape index (κ2) is 12.1. The first kappa shape index (κ1) is 27.5. The van der Waals surface area contributed by atoms with Crippen molar-refractivity contribution in [2.45, 2.75) is 65.3 Å². The normalized spacial score (nSPS) is 23.4. The van der Waals surface area contributed by atoms with E-state index in [2.05, 4.69) is 6.58 Å². The van der Waals surface area contributed by atoms with E-state index in [4.69, 9.17) is 28.4 Å². The van der Waals surface area contributed by atoms with Gasteiger partial charge in [0.15, 0.2) is 18.0 Å². The van der Waals surface area contributed by atoms with Gasteiger partial charge in [-0.05, 0) is 18.6 Å². The molecule has 1 aromatic rings. The number of esters is 4. The third-order valence-corrected chi connectivity index (χ3v) is 4.73. The fraction of sp³-hybridized carbons (Fsp3) is 0.458. The largest absolute Gasteiger partial charge is 0.463 e. The van der Waals surface area contributed by atoms with E-state index >= 15 is 0 Å². The van der Waals surface area contributed by atoms with E-state index in [-0.39, 0.29) is 5.75 Å². The van der Waals surface area contributed by atoms with Gasteiger partial charge >= 0.3 is 23.9 Å². The molecule has 0 amide bonds. The number of allylic oxidation sites excluding steroid dienone is 1. The minimum absolute atomic E-state index is 0.164. The number of carbonyl (C=O) groups excluding carboxylic acids is 4. The average molecular weight is 492 g/mol. The number of hydrogen-bond acceptors (Lipinski definition) is 11. The number of ether oxygens (including phenoxy) is 6. The highest BCUT2D eigenvalue weighted by molar-refractivity contribution is 5.69. The maximum atomic E-state index is 12.8. The molecule has 1 saturated heterocycles. The molecule has 35 heavy (non-hydrogen) atoms. The summed E-state index contributed by atoms with van der Waals surface area (Å²) in [6.45, 7) is 9.58. The number of rotatable bonds is 8. The molecule has 0 aliphatic carbocycles. The van der Waals surface area contributed by atoms with E-state index in [1.807, 2.05) is 0 Å². The molecule has 0 aromatic heterocycles. The van der Waals surface area contributed by atoms with Gasteiger partial charge < -0.3 is 28.4 Å². The molecule has 1 aliphatic rings. The molecule has 5 atom stereocenters. The van der Waals surface area contributed by atoms with Crippen LogP contribution in [-0.2, 0) is 42.9 Å². The van der Waals surface area contributed by atoms with Crippen LogP contribution in [0, 0.1) is 0 Å². The second-order valence-electron chi connectivity index (χ2n) is 7.79. The molecule has 0 bridgehead atoms. The minimum atomic E-state index is -1.52. The van der Waals surface area contributed by atoms with Crippen molar-refractivity contribution >= 4 is 29.5 Å². The first-order valence-electron chi connectivity index (χ1n) is 10.7. The molecule has 11 heteroatoms. The van der Waals surface area contributed by atoms with Gasteiger partial charge in [-0.1, -0.05) is 24.8 Å². The lowest BCUT2D eigenvalue weighted by Gasteiger charge is -2.43. The zero-order chi connectivity index (χ0) is 26.3. The Morgan fingerprint density at radius 2 is 1.37 bits per heavy atom. The summed E-state index contributed by atoms with van der Waals surface area (Å²) in [5.41, 5.74) is 0.327. The van der Waals surface area contributed by atoms with Crippen LogP contribution in [0.3, 0.4) is 0 Å². The molecule has 0 saturated carbocycles. The molecular formula is C24H28O11. The summed E-state index contributed by atoms with van der Waals surface area (Å²) in [5, 5.41) is 0. The van der Waals surface area contributed by atoms with E-state index < -0.39 is 66.6 Å². The molecule has 0 N–H and O–H groups in total. The summed E-state index contributed by atoms with van der Waals surface area (Å²) in [4.78, 5) is 59.9. The van der Waals surface area contributed by atoms with Crippen molar-refractivity contribution < 1.29 is 47.6 Å². The van der Waals surface area contributed by atoms with Gasteiger partial charge in [0.1, 0.15) is 12.7 Å². The third-order valence-electron chi connectivity index (χ3n) is 4.73. The monoisotopic (exact) mass is 492 g/mol. The van der Waals surface area contributed by atoms with E-state index in [1.165, 1.54) is 12.1 Å². The van der Waals surface area contributed by atoms with Gasteiger partial charge in [-0.25, -0.2) is 0 Å². The summed E-state index contributed by atoms with van der Waals surface area (Å²) >= 11 is 0. The lowest BCUT2D eigenvalue weighted by atomic mass is 9.98. The molecule has 0 unspecified atom stereocenters. The Morgan fingerprint density at radius 1 is 0.829 bits per heavy atom. The topological polar surface area (TPSA) is 141 Å². The third kappa shape index (κ3) is 7.64. The molecule has 1 aliphatic heterocycles. The van der Waals surface area contributed by atoms with Crippen molar-refractivity contribution in [1.29, 1.82) is 0 Å². The SMILES string of the molecule is C=C(C)c1ccccc(=O)c1O[C@@H]1O[C@H](COC(C)=O)[C@@H](OC(C)=O)[C@H](OC(C)=O)[C@H]1OC(C)=O.